The number of hydrogen-bond donors (Lipinski definition) is 2. The Hall–Kier alpha value is -5.03. The van der Waals surface area contributed by atoms with Crippen LogP contribution < -0.4 is 19.8 Å². The summed E-state index contributed by atoms with van der Waals surface area (Å²) in [7, 11) is 2.99. The van der Waals surface area contributed by atoms with E-state index in [2.05, 4.69) is 5.43 Å². The number of rotatable bonds is 7. The molecule has 0 spiro atoms. The Morgan fingerprint density at radius 3 is 2.28 bits per heavy atom. The number of carbonyl (C=O) groups excluding carboxylic acids is 4. The van der Waals surface area contributed by atoms with Gasteiger partial charge in [0.05, 0.1) is 53.8 Å². The van der Waals surface area contributed by atoms with E-state index in [-0.39, 0.29) is 46.5 Å². The lowest BCUT2D eigenvalue weighted by Crippen LogP contribution is -2.53. The molecule has 4 amide bonds. The molecule has 8 rings (SSSR count). The fourth-order valence-corrected chi connectivity index (χ4v) is 9.76. The number of phenols is 1. The average Bonchev–Trinajstić information content (AvgIpc) is 3.54. The van der Waals surface area contributed by atoms with Gasteiger partial charge in [0, 0.05) is 21.5 Å². The van der Waals surface area contributed by atoms with Crippen molar-refractivity contribution in [1.82, 2.24) is 5.01 Å². The molecule has 276 valence electrons. The van der Waals surface area contributed by atoms with Crippen molar-refractivity contribution in [3.8, 4) is 17.2 Å². The van der Waals surface area contributed by atoms with Crippen LogP contribution in [0.25, 0.3) is 0 Å². The molecular weight excluding hydrogens is 753 g/mol. The smallest absolute Gasteiger partial charge is 0.260 e. The number of aromatic hydroxyl groups is 1. The first-order valence-electron chi connectivity index (χ1n) is 17.4. The second kappa shape index (κ2) is 13.4. The van der Waals surface area contributed by atoms with E-state index in [1.807, 2.05) is 13.0 Å². The molecule has 54 heavy (non-hydrogen) atoms. The molecule has 2 aliphatic heterocycles. The van der Waals surface area contributed by atoms with E-state index >= 15 is 4.79 Å². The highest BCUT2D eigenvalue weighted by atomic mass is 35.5. The number of nitrogens with one attached hydrogen (secondary N) is 1. The molecule has 3 fully saturated rings. The van der Waals surface area contributed by atoms with Crippen LogP contribution in [0.15, 0.2) is 90.5 Å². The minimum atomic E-state index is -1.67. The molecule has 2 aliphatic carbocycles. The molecule has 13 heteroatoms. The van der Waals surface area contributed by atoms with Crippen molar-refractivity contribution >= 4 is 69.8 Å². The summed E-state index contributed by atoms with van der Waals surface area (Å²) >= 11 is 19.2. The maximum atomic E-state index is 15.5. The topological polar surface area (TPSA) is 125 Å². The lowest BCUT2D eigenvalue weighted by Gasteiger charge is -2.50. The molecule has 2 N–H and O–H groups in total. The highest BCUT2D eigenvalue weighted by molar-refractivity contribution is 6.36. The predicted octanol–water partition coefficient (Wildman–Crippen LogP) is 7.87. The third-order valence-electron chi connectivity index (χ3n) is 11.5. The van der Waals surface area contributed by atoms with E-state index in [0.29, 0.717) is 32.6 Å². The van der Waals surface area contributed by atoms with E-state index in [9.17, 15) is 19.5 Å². The number of benzene rings is 4. The summed E-state index contributed by atoms with van der Waals surface area (Å²) < 4.78 is 11.3. The molecule has 10 nitrogen and oxygen atoms in total. The van der Waals surface area contributed by atoms with Gasteiger partial charge in [-0.1, -0.05) is 70.7 Å². The van der Waals surface area contributed by atoms with Gasteiger partial charge in [0.1, 0.15) is 17.2 Å². The van der Waals surface area contributed by atoms with Gasteiger partial charge in [-0.25, -0.2) is 4.90 Å². The first-order valence-corrected chi connectivity index (χ1v) is 18.5. The number of aryl methyl sites for hydroxylation is 1. The van der Waals surface area contributed by atoms with Gasteiger partial charge in [-0.15, -0.1) is 0 Å². The summed E-state index contributed by atoms with van der Waals surface area (Å²) in [6, 6.07) is 21.4. The number of fused-ring (bicyclic) bond motifs is 4. The minimum Gasteiger partial charge on any atom is -0.508 e. The van der Waals surface area contributed by atoms with E-state index < -0.39 is 52.7 Å². The molecule has 0 aromatic heterocycles. The number of amides is 4. The lowest BCUT2D eigenvalue weighted by atomic mass is 9.49. The SMILES string of the molecule is COc1ccc(C23C(=O)N(Nc4ccc(Cl)cc4Cl)C(=O)C2CC2C(=CCC4C(=O)N(c5ccc(C)c(Cl)c5)C(=O)C42)C3c2c(O)cccc2OC)cc1. The van der Waals surface area contributed by atoms with Crippen LogP contribution in [0.3, 0.4) is 0 Å². The zero-order valence-corrected chi connectivity index (χ0v) is 31.6. The van der Waals surface area contributed by atoms with Crippen molar-refractivity contribution in [1.29, 1.82) is 0 Å². The van der Waals surface area contributed by atoms with Crippen molar-refractivity contribution in [2.75, 3.05) is 24.5 Å². The summed E-state index contributed by atoms with van der Waals surface area (Å²) in [5.74, 6) is -5.66. The highest BCUT2D eigenvalue weighted by Gasteiger charge is 2.71. The number of anilines is 2. The van der Waals surface area contributed by atoms with Crippen LogP contribution in [0.1, 0.15) is 35.4 Å². The molecular formula is C41H34Cl3N3O7. The van der Waals surface area contributed by atoms with Gasteiger partial charge in [-0.3, -0.25) is 24.6 Å². The highest BCUT2D eigenvalue weighted by Crippen LogP contribution is 2.66. The van der Waals surface area contributed by atoms with Crippen molar-refractivity contribution in [3.05, 3.63) is 122 Å². The van der Waals surface area contributed by atoms with Crippen LogP contribution in [0.5, 0.6) is 17.2 Å². The number of hydrazine groups is 1. The van der Waals surface area contributed by atoms with E-state index in [0.717, 1.165) is 10.6 Å². The van der Waals surface area contributed by atoms with Crippen LogP contribution in [-0.4, -0.2) is 48.0 Å². The summed E-state index contributed by atoms with van der Waals surface area (Å²) in [5.41, 5.74) is 4.14. The maximum Gasteiger partial charge on any atom is 0.260 e. The quantitative estimate of drug-likeness (QED) is 0.143. The Labute approximate surface area is 326 Å². The number of halogens is 3. The van der Waals surface area contributed by atoms with Crippen molar-refractivity contribution in [3.63, 3.8) is 0 Å². The van der Waals surface area contributed by atoms with Gasteiger partial charge in [-0.05, 0) is 91.4 Å². The average molecular weight is 787 g/mol. The van der Waals surface area contributed by atoms with Crippen LogP contribution in [0.2, 0.25) is 15.1 Å². The standard InChI is InChI=1S/C41H34Cl3N3O7/c1-20-7-11-23(18-29(20)43)46-37(49)26-15-14-25-27(34(26)39(46)51)19-28-38(50)47(45-31-16-10-22(42)17-30(31)44)40(52)41(28,21-8-12-24(53-2)13-9-21)36(25)35-32(48)5-4-6-33(35)54-3/h4-14,16-18,26-28,34,36,45,48H,15,19H2,1-3H3. The maximum absolute atomic E-state index is 15.5. The van der Waals surface area contributed by atoms with E-state index in [4.69, 9.17) is 44.3 Å². The number of hydrogen-bond acceptors (Lipinski definition) is 8. The summed E-state index contributed by atoms with van der Waals surface area (Å²) in [6.45, 7) is 1.83. The Morgan fingerprint density at radius 2 is 1.59 bits per heavy atom. The van der Waals surface area contributed by atoms with Gasteiger partial charge in [0.2, 0.25) is 11.8 Å². The summed E-state index contributed by atoms with van der Waals surface area (Å²) in [6.07, 6.45) is 2.14. The van der Waals surface area contributed by atoms with Crippen LogP contribution >= 0.6 is 34.8 Å². The summed E-state index contributed by atoms with van der Waals surface area (Å²) in [4.78, 5) is 60.4. The van der Waals surface area contributed by atoms with Crippen LogP contribution in [0.4, 0.5) is 11.4 Å². The number of nitrogens with zero attached hydrogens (tertiary/aromatic N) is 2. The third-order valence-corrected chi connectivity index (χ3v) is 12.5. The minimum absolute atomic E-state index is 0.0457. The van der Waals surface area contributed by atoms with Crippen molar-refractivity contribution in [2.45, 2.75) is 31.1 Å². The second-order valence-electron chi connectivity index (χ2n) is 14.1. The zero-order chi connectivity index (χ0) is 38.2. The summed E-state index contributed by atoms with van der Waals surface area (Å²) in [5, 5.41) is 13.7. The second-order valence-corrected chi connectivity index (χ2v) is 15.3. The van der Waals surface area contributed by atoms with Crippen molar-refractivity contribution in [2.24, 2.45) is 23.7 Å². The number of methoxy groups -OCH3 is 2. The molecule has 2 heterocycles. The Kier molecular flexibility index (Phi) is 8.91. The molecule has 0 radical (unpaired) electrons. The monoisotopic (exact) mass is 785 g/mol. The number of phenolic OH excluding ortho intramolecular Hbond substituents is 1. The fourth-order valence-electron chi connectivity index (χ4n) is 9.13. The molecule has 4 aliphatic rings. The van der Waals surface area contributed by atoms with Crippen LogP contribution in [-0.2, 0) is 24.6 Å². The molecule has 2 saturated heterocycles. The molecule has 4 aromatic rings. The molecule has 4 aromatic carbocycles. The van der Waals surface area contributed by atoms with Crippen LogP contribution in [0, 0.1) is 30.6 Å². The van der Waals surface area contributed by atoms with Gasteiger partial charge < -0.3 is 14.6 Å². The van der Waals surface area contributed by atoms with E-state index in [1.54, 1.807) is 66.7 Å². The number of imide groups is 2. The zero-order valence-electron chi connectivity index (χ0n) is 29.3. The predicted molar refractivity (Wildman–Crippen MR) is 204 cm³/mol. The Bertz CT molecular complexity index is 2300. The number of allylic oxidation sites excluding steroid dienone is 2. The number of ether oxygens (including phenoxy) is 2. The first kappa shape index (κ1) is 36.0. The lowest BCUT2D eigenvalue weighted by molar-refractivity contribution is -0.138. The van der Waals surface area contributed by atoms with E-state index in [1.165, 1.54) is 31.3 Å². The molecule has 6 atom stereocenters. The Morgan fingerprint density at radius 1 is 0.833 bits per heavy atom. The fraction of sp³-hybridized carbons (Fsp3) is 0.268. The first-order chi connectivity index (χ1) is 25.9. The van der Waals surface area contributed by atoms with Gasteiger partial charge >= 0.3 is 0 Å². The molecule has 0 bridgehead atoms. The molecule has 1 saturated carbocycles. The third kappa shape index (κ3) is 5.21. The van der Waals surface area contributed by atoms with Gasteiger partial charge in [-0.2, -0.15) is 5.01 Å². The van der Waals surface area contributed by atoms with Gasteiger partial charge in [0.15, 0.2) is 0 Å². The van der Waals surface area contributed by atoms with Crippen molar-refractivity contribution < 1.29 is 33.8 Å². The number of carbonyl (C=O) groups is 4. The largest absolute Gasteiger partial charge is 0.508 e. The Balaban J connectivity index is 1.35. The van der Waals surface area contributed by atoms with Gasteiger partial charge in [0.25, 0.3) is 11.8 Å². The normalized spacial score (nSPS) is 26.0. The molecule has 6 unspecified atom stereocenters.